The first-order valence-corrected chi connectivity index (χ1v) is 27.8. The molecule has 0 aliphatic heterocycles. The van der Waals surface area contributed by atoms with E-state index in [-0.39, 0.29) is 18.5 Å². The van der Waals surface area contributed by atoms with Crippen LogP contribution in [0, 0.1) is 0 Å². The van der Waals surface area contributed by atoms with Gasteiger partial charge in [-0.2, -0.15) is 0 Å². The molecule has 0 aromatic rings. The lowest BCUT2D eigenvalue weighted by Gasteiger charge is -2.20. The summed E-state index contributed by atoms with van der Waals surface area (Å²) in [4.78, 5) is 24.5. The minimum atomic E-state index is -0.860. The molecule has 0 rings (SSSR count). The molecule has 0 aromatic heterocycles. The first kappa shape index (κ1) is 61.1. The number of nitrogens with one attached hydrogen (secondary N) is 1. The summed E-state index contributed by atoms with van der Waals surface area (Å²) in [5, 5.41) is 23.1. The molecule has 1 amide bonds. The van der Waals surface area contributed by atoms with Crippen LogP contribution in [-0.4, -0.2) is 47.4 Å². The minimum Gasteiger partial charge on any atom is -0.466 e. The van der Waals surface area contributed by atoms with E-state index >= 15 is 0 Å². The van der Waals surface area contributed by atoms with Gasteiger partial charge in [-0.15, -0.1) is 0 Å². The second-order valence-electron chi connectivity index (χ2n) is 18.9. The van der Waals surface area contributed by atoms with Crippen molar-refractivity contribution in [3.8, 4) is 0 Å². The molecule has 2 atom stereocenters. The Morgan fingerprint density at radius 2 is 0.794 bits per heavy atom. The topological polar surface area (TPSA) is 95.9 Å². The van der Waals surface area contributed by atoms with Crippen LogP contribution in [0.15, 0.2) is 36.5 Å². The molecular weight excluding hydrogens is 779 g/mol. The van der Waals surface area contributed by atoms with Crippen molar-refractivity contribution < 1.29 is 24.5 Å². The van der Waals surface area contributed by atoms with Crippen molar-refractivity contribution in [3.63, 3.8) is 0 Å². The fraction of sp³-hybridized carbons (Fsp3) is 0.860. The molecule has 2 unspecified atom stereocenters. The molecule has 0 radical (unpaired) electrons. The van der Waals surface area contributed by atoms with E-state index in [1.54, 1.807) is 6.08 Å². The molecule has 0 bridgehead atoms. The molecular formula is C57H107NO5. The predicted octanol–water partition coefficient (Wildman–Crippen LogP) is 16.9. The molecule has 0 aromatic carbocycles. The lowest BCUT2D eigenvalue weighted by atomic mass is 10.0. The van der Waals surface area contributed by atoms with Crippen LogP contribution in [0.3, 0.4) is 0 Å². The molecule has 370 valence electrons. The number of hydrogen-bond acceptors (Lipinski definition) is 5. The van der Waals surface area contributed by atoms with Gasteiger partial charge in [0.05, 0.1) is 25.4 Å². The van der Waals surface area contributed by atoms with Gasteiger partial charge in [-0.3, -0.25) is 9.59 Å². The largest absolute Gasteiger partial charge is 0.466 e. The highest BCUT2D eigenvalue weighted by Crippen LogP contribution is 2.16. The Hall–Kier alpha value is -1.92. The van der Waals surface area contributed by atoms with Gasteiger partial charge in [0.15, 0.2) is 0 Å². The van der Waals surface area contributed by atoms with Gasteiger partial charge < -0.3 is 20.3 Å². The number of esters is 1. The van der Waals surface area contributed by atoms with E-state index < -0.39 is 12.1 Å². The van der Waals surface area contributed by atoms with E-state index in [0.29, 0.717) is 19.4 Å². The first-order valence-electron chi connectivity index (χ1n) is 27.8. The number of allylic oxidation sites excluding steroid dienone is 5. The third kappa shape index (κ3) is 49.4. The van der Waals surface area contributed by atoms with Gasteiger partial charge in [-0.25, -0.2) is 0 Å². The molecule has 0 saturated heterocycles. The van der Waals surface area contributed by atoms with Gasteiger partial charge in [0.25, 0.3) is 0 Å². The molecule has 0 aliphatic rings. The zero-order valence-corrected chi connectivity index (χ0v) is 42.1. The molecule has 0 saturated carbocycles. The molecule has 3 N–H and O–H groups in total. The fourth-order valence-electron chi connectivity index (χ4n) is 8.37. The van der Waals surface area contributed by atoms with Crippen molar-refractivity contribution in [1.29, 1.82) is 0 Å². The summed E-state index contributed by atoms with van der Waals surface area (Å²) in [6.45, 7) is 4.83. The number of rotatable bonds is 51. The predicted molar refractivity (Wildman–Crippen MR) is 273 cm³/mol. The molecule has 0 spiro atoms. The summed E-state index contributed by atoms with van der Waals surface area (Å²) < 4.78 is 5.47. The Morgan fingerprint density at radius 3 is 1.24 bits per heavy atom. The Morgan fingerprint density at radius 1 is 0.444 bits per heavy atom. The van der Waals surface area contributed by atoms with E-state index in [1.807, 2.05) is 6.08 Å². The average Bonchev–Trinajstić information content (AvgIpc) is 3.28. The van der Waals surface area contributed by atoms with Gasteiger partial charge in [-0.05, 0) is 64.2 Å². The van der Waals surface area contributed by atoms with Crippen LogP contribution in [0.4, 0.5) is 0 Å². The van der Waals surface area contributed by atoms with Crippen LogP contribution in [0.5, 0.6) is 0 Å². The monoisotopic (exact) mass is 886 g/mol. The highest BCUT2D eigenvalue weighted by atomic mass is 16.5. The van der Waals surface area contributed by atoms with Crippen molar-refractivity contribution in [2.45, 2.75) is 302 Å². The van der Waals surface area contributed by atoms with Gasteiger partial charge in [0.2, 0.25) is 5.91 Å². The second kappa shape index (κ2) is 52.7. The van der Waals surface area contributed by atoms with Gasteiger partial charge in [0.1, 0.15) is 0 Å². The Kier molecular flexibility index (Phi) is 51.1. The van der Waals surface area contributed by atoms with Gasteiger partial charge >= 0.3 is 5.97 Å². The van der Waals surface area contributed by atoms with E-state index in [1.165, 1.54) is 199 Å². The maximum Gasteiger partial charge on any atom is 0.305 e. The van der Waals surface area contributed by atoms with Crippen LogP contribution in [0.2, 0.25) is 0 Å². The smallest absolute Gasteiger partial charge is 0.305 e. The van der Waals surface area contributed by atoms with Crippen LogP contribution < -0.4 is 5.32 Å². The quantitative estimate of drug-likeness (QED) is 0.0321. The van der Waals surface area contributed by atoms with Crippen LogP contribution in [-0.2, 0) is 14.3 Å². The molecule has 0 fully saturated rings. The zero-order valence-electron chi connectivity index (χ0n) is 42.1. The lowest BCUT2D eigenvalue weighted by molar-refractivity contribution is -0.143. The second-order valence-corrected chi connectivity index (χ2v) is 18.9. The van der Waals surface area contributed by atoms with E-state index in [0.717, 1.165) is 64.2 Å². The molecule has 0 aliphatic carbocycles. The Balaban J connectivity index is 3.50. The maximum atomic E-state index is 12.5. The normalized spacial score (nSPS) is 12.9. The number of ether oxygens (including phenoxy) is 1. The van der Waals surface area contributed by atoms with E-state index in [9.17, 15) is 19.8 Å². The minimum absolute atomic E-state index is 0.0246. The fourth-order valence-corrected chi connectivity index (χ4v) is 8.37. The number of aliphatic hydroxyl groups excluding tert-OH is 2. The molecule has 0 heterocycles. The molecule has 6 nitrogen and oxygen atoms in total. The van der Waals surface area contributed by atoms with E-state index in [2.05, 4.69) is 43.5 Å². The highest BCUT2D eigenvalue weighted by molar-refractivity contribution is 5.76. The number of aliphatic hydroxyl groups is 2. The number of carbonyl (C=O) groups is 2. The first-order chi connectivity index (χ1) is 31.0. The van der Waals surface area contributed by atoms with Crippen LogP contribution in [0.25, 0.3) is 0 Å². The Labute approximate surface area is 392 Å². The third-order valence-corrected chi connectivity index (χ3v) is 12.7. The summed E-state index contributed by atoms with van der Waals surface area (Å²) in [6, 6.07) is -0.646. The van der Waals surface area contributed by atoms with Gasteiger partial charge in [0, 0.05) is 12.8 Å². The van der Waals surface area contributed by atoms with E-state index in [4.69, 9.17) is 4.74 Å². The lowest BCUT2D eigenvalue weighted by Crippen LogP contribution is -2.45. The van der Waals surface area contributed by atoms with Crippen molar-refractivity contribution in [3.05, 3.63) is 36.5 Å². The highest BCUT2D eigenvalue weighted by Gasteiger charge is 2.18. The summed E-state index contributed by atoms with van der Waals surface area (Å²) >= 11 is 0. The summed E-state index contributed by atoms with van der Waals surface area (Å²) in [5.74, 6) is -0.115. The Bertz CT molecular complexity index is 1020. The van der Waals surface area contributed by atoms with Crippen molar-refractivity contribution in [1.82, 2.24) is 5.32 Å². The number of unbranched alkanes of at least 4 members (excludes halogenated alkanes) is 36. The van der Waals surface area contributed by atoms with Gasteiger partial charge in [-0.1, -0.05) is 249 Å². The summed E-state index contributed by atoms with van der Waals surface area (Å²) in [6.07, 6.45) is 64.3. The standard InChI is InChI=1S/C57H107NO5/c1-3-5-7-9-11-13-15-17-19-21-22-24-26-28-30-35-39-43-47-51-57(62)63-52-48-44-40-36-32-31-34-38-42-46-50-56(61)58-54(53-59)55(60)49-45-41-37-33-29-27-25-23-20-18-16-14-12-10-8-6-4-2/h11,13,17,19,45,49,54-55,59-60H,3-10,12,14-16,18,20-44,46-48,50-53H2,1-2H3,(H,58,61)/b13-11-,19-17-,49-45+. The molecule has 6 heteroatoms. The van der Waals surface area contributed by atoms with Crippen molar-refractivity contribution >= 4 is 11.9 Å². The SMILES string of the molecule is CCCCC/C=C\C/C=C\CCCCCCCCCCCC(=O)OCCCCCCCCCCCCC(=O)NC(CO)C(O)/C=C/CCCCCCCCCCCCCCCCC. The zero-order chi connectivity index (χ0) is 45.8. The molecule has 63 heavy (non-hydrogen) atoms. The average molecular weight is 886 g/mol. The third-order valence-electron chi connectivity index (χ3n) is 12.7. The van der Waals surface area contributed by atoms with Crippen molar-refractivity contribution in [2.75, 3.05) is 13.2 Å². The summed E-state index contributed by atoms with van der Waals surface area (Å²) in [7, 11) is 0. The summed E-state index contributed by atoms with van der Waals surface area (Å²) in [5.41, 5.74) is 0. The maximum absolute atomic E-state index is 12.5. The number of amides is 1. The van der Waals surface area contributed by atoms with Crippen LogP contribution in [0.1, 0.15) is 290 Å². The van der Waals surface area contributed by atoms with Crippen LogP contribution >= 0.6 is 0 Å². The number of hydrogen-bond donors (Lipinski definition) is 3. The number of carbonyl (C=O) groups excluding carboxylic acids is 2. The van der Waals surface area contributed by atoms with Crippen molar-refractivity contribution in [2.24, 2.45) is 0 Å².